The van der Waals surface area contributed by atoms with Crippen LogP contribution in [0.1, 0.15) is 149 Å². The molecule has 0 fully saturated rings. The molecule has 0 radical (unpaired) electrons. The Morgan fingerprint density at radius 1 is 0.705 bits per heavy atom. The van der Waals surface area contributed by atoms with E-state index in [0.29, 0.717) is 0 Å². The van der Waals surface area contributed by atoms with Gasteiger partial charge in [-0.05, 0) is 0 Å². The van der Waals surface area contributed by atoms with Gasteiger partial charge in [-0.15, -0.1) is 0 Å². The largest absolute Gasteiger partial charge is 1.00 e. The van der Waals surface area contributed by atoms with Gasteiger partial charge in [0.15, 0.2) is 0 Å². The number of allylic oxidation sites excluding steroid dienone is 4. The molecule has 0 N–H and O–H groups in total. The molecule has 2 aromatic rings. The summed E-state index contributed by atoms with van der Waals surface area (Å²) in [6.45, 7) is 32.3. The number of halogens is 2. The number of rotatable bonds is 2. The Morgan fingerprint density at radius 3 is 1.66 bits per heavy atom. The zero-order chi connectivity index (χ0) is 30.8. The van der Waals surface area contributed by atoms with Gasteiger partial charge in [0.05, 0.1) is 0 Å². The number of hydrogen-bond donors (Lipinski definition) is 0. The molecular weight excluding hydrogens is 655 g/mol. The van der Waals surface area contributed by atoms with E-state index in [1.807, 2.05) is 3.28 Å². The first kappa shape index (κ1) is 36.1. The van der Waals surface area contributed by atoms with Gasteiger partial charge in [0.25, 0.3) is 0 Å². The van der Waals surface area contributed by atoms with Crippen LogP contribution in [0.5, 0.6) is 0 Å². The molecule has 6 rings (SSSR count). The summed E-state index contributed by atoms with van der Waals surface area (Å²) in [5, 5.41) is 0. The van der Waals surface area contributed by atoms with Crippen LogP contribution < -0.4 is 24.8 Å². The number of benzene rings is 2. The van der Waals surface area contributed by atoms with Crippen molar-refractivity contribution in [3.63, 3.8) is 0 Å². The zero-order valence-corrected chi connectivity index (χ0v) is 33.8. The molecule has 3 heteroatoms. The third-order valence-corrected chi connectivity index (χ3v) is 21.2. The van der Waals surface area contributed by atoms with E-state index in [1.165, 1.54) is 36.8 Å². The van der Waals surface area contributed by atoms with Crippen molar-refractivity contribution in [2.75, 3.05) is 0 Å². The molecule has 0 amide bonds. The Bertz CT molecular complexity index is 1600. The van der Waals surface area contributed by atoms with Gasteiger partial charge in [-0.2, -0.15) is 0 Å². The second-order valence-corrected chi connectivity index (χ2v) is 25.9. The molecule has 2 aromatic carbocycles. The Kier molecular flexibility index (Phi) is 9.39. The van der Waals surface area contributed by atoms with Crippen molar-refractivity contribution in [2.45, 2.75) is 147 Å². The summed E-state index contributed by atoms with van der Waals surface area (Å²) in [6, 6.07) is 10.6. The third-order valence-electron chi connectivity index (χ3n) is 12.0. The van der Waals surface area contributed by atoms with E-state index in [4.69, 9.17) is 0 Å². The molecule has 0 saturated heterocycles. The molecule has 0 saturated carbocycles. The average Bonchev–Trinajstić information content (AvgIpc) is 3.49. The van der Waals surface area contributed by atoms with Gasteiger partial charge in [0, 0.05) is 0 Å². The van der Waals surface area contributed by atoms with Crippen molar-refractivity contribution >= 4 is 3.21 Å². The minimum Gasteiger partial charge on any atom is -1.00 e. The van der Waals surface area contributed by atoms with E-state index in [2.05, 4.69) is 126 Å². The van der Waals surface area contributed by atoms with Crippen LogP contribution in [-0.4, -0.2) is 3.21 Å². The molecule has 0 aromatic heterocycles. The molecular formula is C41H56Cl2Zr. The maximum atomic E-state index is 2.70. The number of hydrogen-bond acceptors (Lipinski definition) is 0. The van der Waals surface area contributed by atoms with Gasteiger partial charge in [-0.3, -0.25) is 0 Å². The first-order valence-corrected chi connectivity index (χ1v) is 20.6. The standard InChI is InChI=1S/C29H37.C9H13.C3H6.2ClH.Zr/c1-26(2)9-11-28(5,6)24-16-20-18(14-22(24)26)13-19-15-23-25(17-21(19)20)29(7,8)12-10-27(23,3)4;1-9(2,3)8-6-4-5-7-8;1-3-2;;;/h9,14-17H,10-13H2,1-8H3;6-7H,4H2,1-3H3;1-2H3;2*1H;/q;;;;;+2/p-2. The first-order valence-electron chi connectivity index (χ1n) is 16.7. The van der Waals surface area contributed by atoms with Crippen LogP contribution in [0.4, 0.5) is 0 Å². The van der Waals surface area contributed by atoms with Crippen molar-refractivity contribution < 1.29 is 46.1 Å². The molecule has 1 unspecified atom stereocenters. The van der Waals surface area contributed by atoms with E-state index in [0.717, 1.165) is 10.0 Å². The van der Waals surface area contributed by atoms with Crippen LogP contribution in [-0.2, 0) is 49.3 Å². The zero-order valence-electron chi connectivity index (χ0n) is 29.8. The Morgan fingerprint density at radius 2 is 1.18 bits per heavy atom. The van der Waals surface area contributed by atoms with E-state index in [1.54, 1.807) is 42.2 Å². The van der Waals surface area contributed by atoms with Crippen molar-refractivity contribution in [1.82, 2.24) is 0 Å². The molecule has 0 nitrogen and oxygen atoms in total. The first-order chi connectivity index (χ1) is 19.2. The molecule has 4 aliphatic carbocycles. The van der Waals surface area contributed by atoms with Gasteiger partial charge in [-0.1, -0.05) is 0 Å². The van der Waals surface area contributed by atoms with Crippen molar-refractivity contribution in [3.8, 4) is 11.1 Å². The van der Waals surface area contributed by atoms with Gasteiger partial charge < -0.3 is 24.8 Å². The topological polar surface area (TPSA) is 0 Å². The summed E-state index contributed by atoms with van der Waals surface area (Å²) in [7, 11) is 0. The fraction of sp³-hybridized carbons (Fsp3) is 0.585. The minimum absolute atomic E-state index is 0. The molecule has 1 atom stereocenters. The van der Waals surface area contributed by atoms with Gasteiger partial charge in [-0.25, -0.2) is 0 Å². The summed E-state index contributed by atoms with van der Waals surface area (Å²) in [5.74, 6) is 0. The Hall–Kier alpha value is -0.747. The fourth-order valence-electron chi connectivity index (χ4n) is 9.05. The van der Waals surface area contributed by atoms with Crippen LogP contribution in [0.25, 0.3) is 11.1 Å². The van der Waals surface area contributed by atoms with Gasteiger partial charge >= 0.3 is 267 Å². The van der Waals surface area contributed by atoms with Gasteiger partial charge in [0.1, 0.15) is 0 Å². The SMILES string of the molecule is C[C](C)=[Zr+2]([C]1=CC(C(C)(C)C)=CC1)[CH]1CC(C)(C)c2cc3c(cc2C1(C)C)Cc1cc2c(cc1-3)C(C)(C)CCC2(C)C.[Cl-].[Cl-]. The fourth-order valence-corrected chi connectivity index (χ4v) is 18.9. The van der Waals surface area contributed by atoms with Crippen molar-refractivity contribution in [3.05, 3.63) is 78.7 Å². The second-order valence-electron chi connectivity index (χ2n) is 18.1. The average molecular weight is 711 g/mol. The van der Waals surface area contributed by atoms with E-state index in [-0.39, 0.29) is 51.9 Å². The van der Waals surface area contributed by atoms with Crippen LogP contribution in [0.15, 0.2) is 45.3 Å². The van der Waals surface area contributed by atoms with Crippen LogP contribution in [0.2, 0.25) is 3.63 Å². The monoisotopic (exact) mass is 708 g/mol. The Balaban J connectivity index is 0.00000221. The molecule has 238 valence electrons. The Labute approximate surface area is 289 Å². The van der Waals surface area contributed by atoms with E-state index < -0.39 is 21.3 Å². The quantitative estimate of drug-likeness (QED) is 0.332. The van der Waals surface area contributed by atoms with Gasteiger partial charge in [0.2, 0.25) is 0 Å². The molecule has 44 heavy (non-hydrogen) atoms. The van der Waals surface area contributed by atoms with Crippen molar-refractivity contribution in [1.29, 1.82) is 0 Å². The maximum absolute atomic E-state index is 2.70. The predicted molar refractivity (Wildman–Crippen MR) is 181 cm³/mol. The minimum atomic E-state index is -2.08. The molecule has 0 spiro atoms. The normalized spacial score (nSPS) is 22.9. The van der Waals surface area contributed by atoms with Crippen molar-refractivity contribution in [2.24, 2.45) is 5.41 Å². The summed E-state index contributed by atoms with van der Waals surface area (Å²) >= 11 is -2.08. The van der Waals surface area contributed by atoms with Crippen LogP contribution in [0.3, 0.4) is 0 Å². The summed E-state index contributed by atoms with van der Waals surface area (Å²) < 4.78 is 4.39. The maximum Gasteiger partial charge on any atom is -1.00 e. The third kappa shape index (κ3) is 5.70. The molecule has 0 bridgehead atoms. The smallest absolute Gasteiger partial charge is 1.00 e. The molecule has 0 aliphatic heterocycles. The second kappa shape index (κ2) is 11.4. The van der Waals surface area contributed by atoms with E-state index >= 15 is 0 Å². The van der Waals surface area contributed by atoms with Crippen LogP contribution >= 0.6 is 0 Å². The summed E-state index contributed by atoms with van der Waals surface area (Å²) in [5.41, 5.74) is 15.4. The van der Waals surface area contributed by atoms with E-state index in [9.17, 15) is 0 Å². The molecule has 4 aliphatic rings. The molecule has 0 heterocycles. The summed E-state index contributed by atoms with van der Waals surface area (Å²) in [4.78, 5) is 0. The predicted octanol–water partition coefficient (Wildman–Crippen LogP) is 5.45. The van der Waals surface area contributed by atoms with Crippen LogP contribution in [0, 0.1) is 5.41 Å². The summed E-state index contributed by atoms with van der Waals surface area (Å²) in [6.07, 6.45) is 11.4. The number of fused-ring (bicyclic) bond motifs is 5.